The lowest BCUT2D eigenvalue weighted by Crippen LogP contribution is -2.60. The van der Waals surface area contributed by atoms with Crippen molar-refractivity contribution >= 4 is 11.8 Å². The molecule has 2 fully saturated rings. The van der Waals surface area contributed by atoms with Crippen LogP contribution < -0.4 is 0 Å². The minimum absolute atomic E-state index is 0.0168. The predicted octanol–water partition coefficient (Wildman–Crippen LogP) is 0.0729. The van der Waals surface area contributed by atoms with Crippen LogP contribution in [0.3, 0.4) is 0 Å². The summed E-state index contributed by atoms with van der Waals surface area (Å²) in [5, 5.41) is 3.66. The fourth-order valence-corrected chi connectivity index (χ4v) is 3.05. The van der Waals surface area contributed by atoms with Crippen LogP contribution in [0, 0.1) is 6.92 Å². The first-order valence-electron chi connectivity index (χ1n) is 7.68. The Balaban J connectivity index is 1.77. The number of amides is 2. The zero-order valence-electron chi connectivity index (χ0n) is 13.4. The largest absolute Gasteiger partial charge is 0.376 e. The molecule has 1 aromatic heterocycles. The van der Waals surface area contributed by atoms with Crippen molar-refractivity contribution in [3.63, 3.8) is 0 Å². The second-order valence-corrected chi connectivity index (χ2v) is 6.05. The quantitative estimate of drug-likeness (QED) is 0.727. The summed E-state index contributed by atoms with van der Waals surface area (Å²) in [4.78, 5) is 27.8. The highest BCUT2D eigenvalue weighted by molar-refractivity contribution is 5.94. The summed E-state index contributed by atoms with van der Waals surface area (Å²) in [6, 6.07) is 0. The smallest absolute Gasteiger partial charge is 0.259 e. The Kier molecular flexibility index (Phi) is 4.36. The molecule has 2 amide bonds. The van der Waals surface area contributed by atoms with E-state index in [9.17, 15) is 9.59 Å². The molecule has 3 heterocycles. The van der Waals surface area contributed by atoms with Gasteiger partial charge < -0.3 is 23.8 Å². The molecule has 2 aliphatic heterocycles. The van der Waals surface area contributed by atoms with Gasteiger partial charge in [-0.15, -0.1) is 0 Å². The van der Waals surface area contributed by atoms with Gasteiger partial charge in [0, 0.05) is 20.0 Å². The second-order valence-electron chi connectivity index (χ2n) is 6.05. The van der Waals surface area contributed by atoms with Gasteiger partial charge in [0.15, 0.2) is 0 Å². The SMILES string of the molecule is CC(=O)N1CCOCC2(C1)CN(C(=O)c1cnoc1C)CCO2. The van der Waals surface area contributed by atoms with Gasteiger partial charge in [-0.2, -0.15) is 0 Å². The van der Waals surface area contributed by atoms with Crippen molar-refractivity contribution in [3.8, 4) is 0 Å². The second kappa shape index (κ2) is 6.29. The van der Waals surface area contributed by atoms with Gasteiger partial charge in [-0.3, -0.25) is 9.59 Å². The Morgan fingerprint density at radius 2 is 1.96 bits per heavy atom. The van der Waals surface area contributed by atoms with E-state index in [-0.39, 0.29) is 11.8 Å². The van der Waals surface area contributed by atoms with E-state index in [1.54, 1.807) is 16.7 Å². The van der Waals surface area contributed by atoms with E-state index in [4.69, 9.17) is 14.0 Å². The van der Waals surface area contributed by atoms with Crippen molar-refractivity contribution < 1.29 is 23.6 Å². The Morgan fingerprint density at radius 3 is 2.65 bits per heavy atom. The fourth-order valence-electron chi connectivity index (χ4n) is 3.05. The average Bonchev–Trinajstić information content (AvgIpc) is 2.85. The first kappa shape index (κ1) is 15.9. The van der Waals surface area contributed by atoms with Gasteiger partial charge >= 0.3 is 0 Å². The number of ether oxygens (including phenoxy) is 2. The predicted molar refractivity (Wildman–Crippen MR) is 78.9 cm³/mol. The average molecular weight is 323 g/mol. The van der Waals surface area contributed by atoms with Crippen molar-refractivity contribution in [3.05, 3.63) is 17.5 Å². The van der Waals surface area contributed by atoms with Crippen LogP contribution in [0.15, 0.2) is 10.7 Å². The number of carbonyl (C=O) groups excluding carboxylic acids is 2. The van der Waals surface area contributed by atoms with Crippen molar-refractivity contribution in [2.75, 3.05) is 46.0 Å². The van der Waals surface area contributed by atoms with Crippen molar-refractivity contribution in [1.29, 1.82) is 0 Å². The molecule has 0 aliphatic carbocycles. The molecule has 126 valence electrons. The third-order valence-electron chi connectivity index (χ3n) is 4.31. The molecule has 8 heteroatoms. The molecular formula is C15H21N3O5. The van der Waals surface area contributed by atoms with E-state index in [0.29, 0.717) is 57.3 Å². The van der Waals surface area contributed by atoms with Crippen LogP contribution in [0.25, 0.3) is 0 Å². The Bertz CT molecular complexity index is 602. The standard InChI is InChI=1S/C15H21N3O5/c1-11-13(7-16-23-11)14(20)18-4-6-22-15(9-18)8-17(12(2)19)3-5-21-10-15/h7H,3-6,8-10H2,1-2H3. The molecule has 3 rings (SSSR count). The van der Waals surface area contributed by atoms with Crippen LogP contribution >= 0.6 is 0 Å². The number of aromatic nitrogens is 1. The number of hydrogen-bond acceptors (Lipinski definition) is 6. The summed E-state index contributed by atoms with van der Waals surface area (Å²) in [6.45, 7) is 6.32. The lowest BCUT2D eigenvalue weighted by atomic mass is 10.0. The zero-order chi connectivity index (χ0) is 16.4. The van der Waals surface area contributed by atoms with Gasteiger partial charge in [-0.1, -0.05) is 5.16 Å². The Labute approximate surface area is 134 Å². The minimum atomic E-state index is -0.679. The molecule has 1 spiro atoms. The number of hydrogen-bond donors (Lipinski definition) is 0. The van der Waals surface area contributed by atoms with Crippen LogP contribution in [0.5, 0.6) is 0 Å². The summed E-state index contributed by atoms with van der Waals surface area (Å²) in [7, 11) is 0. The number of morpholine rings is 1. The summed E-state index contributed by atoms with van der Waals surface area (Å²) >= 11 is 0. The van der Waals surface area contributed by atoms with Crippen molar-refractivity contribution in [2.24, 2.45) is 0 Å². The Hall–Kier alpha value is -1.93. The van der Waals surface area contributed by atoms with E-state index < -0.39 is 5.60 Å². The van der Waals surface area contributed by atoms with E-state index in [0.717, 1.165) is 0 Å². The molecule has 0 aromatic carbocycles. The highest BCUT2D eigenvalue weighted by atomic mass is 16.5. The van der Waals surface area contributed by atoms with Gasteiger partial charge in [-0.25, -0.2) is 0 Å². The Morgan fingerprint density at radius 1 is 1.22 bits per heavy atom. The third-order valence-corrected chi connectivity index (χ3v) is 4.31. The van der Waals surface area contributed by atoms with Gasteiger partial charge in [0.1, 0.15) is 16.9 Å². The first-order chi connectivity index (χ1) is 11.0. The number of carbonyl (C=O) groups is 2. The molecule has 1 aromatic rings. The third kappa shape index (κ3) is 3.23. The van der Waals surface area contributed by atoms with Crippen molar-refractivity contribution in [1.82, 2.24) is 15.0 Å². The molecule has 2 aliphatic rings. The lowest BCUT2D eigenvalue weighted by molar-refractivity contribution is -0.145. The molecule has 0 N–H and O–H groups in total. The molecule has 8 nitrogen and oxygen atoms in total. The number of nitrogens with zero attached hydrogens (tertiary/aromatic N) is 3. The molecule has 23 heavy (non-hydrogen) atoms. The van der Waals surface area contributed by atoms with E-state index in [1.165, 1.54) is 13.1 Å². The van der Waals surface area contributed by atoms with Crippen LogP contribution in [0.4, 0.5) is 0 Å². The summed E-state index contributed by atoms with van der Waals surface area (Å²) < 4.78 is 16.5. The highest BCUT2D eigenvalue weighted by Crippen LogP contribution is 2.24. The summed E-state index contributed by atoms with van der Waals surface area (Å²) in [6.07, 6.45) is 1.44. The maximum Gasteiger partial charge on any atom is 0.259 e. The molecule has 0 radical (unpaired) electrons. The van der Waals surface area contributed by atoms with Gasteiger partial charge in [0.25, 0.3) is 5.91 Å². The van der Waals surface area contributed by atoms with Crippen LogP contribution in [0.1, 0.15) is 23.0 Å². The number of aryl methyl sites for hydroxylation is 1. The molecule has 1 atom stereocenters. The maximum absolute atomic E-state index is 12.7. The minimum Gasteiger partial charge on any atom is -0.376 e. The first-order valence-corrected chi connectivity index (χ1v) is 7.68. The van der Waals surface area contributed by atoms with Gasteiger partial charge in [-0.05, 0) is 6.92 Å². The zero-order valence-corrected chi connectivity index (χ0v) is 13.4. The summed E-state index contributed by atoms with van der Waals surface area (Å²) in [5.74, 6) is 0.347. The normalized spacial score (nSPS) is 25.5. The topological polar surface area (TPSA) is 85.1 Å². The van der Waals surface area contributed by atoms with E-state index in [1.807, 2.05) is 0 Å². The van der Waals surface area contributed by atoms with E-state index >= 15 is 0 Å². The summed E-state index contributed by atoms with van der Waals surface area (Å²) in [5.41, 5.74) is -0.221. The molecule has 1 unspecified atom stereocenters. The highest BCUT2D eigenvalue weighted by Gasteiger charge is 2.42. The van der Waals surface area contributed by atoms with Crippen LogP contribution in [0.2, 0.25) is 0 Å². The van der Waals surface area contributed by atoms with Crippen LogP contribution in [-0.4, -0.2) is 78.4 Å². The monoisotopic (exact) mass is 323 g/mol. The van der Waals surface area contributed by atoms with Crippen molar-refractivity contribution in [2.45, 2.75) is 19.4 Å². The molecule has 0 bridgehead atoms. The van der Waals surface area contributed by atoms with E-state index in [2.05, 4.69) is 5.16 Å². The molecule has 0 saturated carbocycles. The van der Waals surface area contributed by atoms with Gasteiger partial charge in [0.05, 0.1) is 39.1 Å². The number of rotatable bonds is 1. The van der Waals surface area contributed by atoms with Gasteiger partial charge in [0.2, 0.25) is 5.91 Å². The molecular weight excluding hydrogens is 302 g/mol. The maximum atomic E-state index is 12.7. The lowest BCUT2D eigenvalue weighted by Gasteiger charge is -2.43. The van der Waals surface area contributed by atoms with Crippen LogP contribution in [-0.2, 0) is 14.3 Å². The molecule has 2 saturated heterocycles. The fraction of sp³-hybridized carbons (Fsp3) is 0.667.